The van der Waals surface area contributed by atoms with Crippen LogP contribution in [0.15, 0.2) is 6.20 Å². The van der Waals surface area contributed by atoms with E-state index >= 15 is 0 Å². The van der Waals surface area contributed by atoms with E-state index in [0.717, 1.165) is 25.2 Å². The third-order valence-electron chi connectivity index (χ3n) is 3.92. The second-order valence-electron chi connectivity index (χ2n) is 5.62. The lowest BCUT2D eigenvalue weighted by molar-refractivity contribution is -0.120. The van der Waals surface area contributed by atoms with Crippen LogP contribution in [-0.2, 0) is 16.0 Å². The molecule has 6 heteroatoms. The lowest BCUT2D eigenvalue weighted by Gasteiger charge is -2.14. The molecule has 22 heavy (non-hydrogen) atoms. The van der Waals surface area contributed by atoms with E-state index in [2.05, 4.69) is 15.2 Å². The van der Waals surface area contributed by atoms with Crippen LogP contribution in [0.5, 0.6) is 0 Å². The first-order valence-corrected chi connectivity index (χ1v) is 7.94. The molecule has 0 unspecified atom stereocenters. The number of likely N-dealkylation sites (tertiary alicyclic amines) is 1. The zero-order valence-electron chi connectivity index (χ0n) is 13.4. The molecule has 0 spiro atoms. The van der Waals surface area contributed by atoms with Gasteiger partial charge in [0.1, 0.15) is 0 Å². The van der Waals surface area contributed by atoms with Crippen molar-refractivity contribution in [3.05, 3.63) is 23.0 Å². The number of aryl methyl sites for hydroxylation is 1. The van der Waals surface area contributed by atoms with Crippen molar-refractivity contribution in [1.29, 1.82) is 0 Å². The first-order valence-electron chi connectivity index (χ1n) is 7.94. The minimum absolute atomic E-state index is 0.0772. The maximum atomic E-state index is 12.0. The molecule has 6 nitrogen and oxygen atoms in total. The average molecular weight is 307 g/mol. The number of hydrogen-bond donors (Lipinski definition) is 2. The van der Waals surface area contributed by atoms with Gasteiger partial charge in [-0.15, -0.1) is 0 Å². The molecule has 1 amide bonds. The van der Waals surface area contributed by atoms with Crippen molar-refractivity contribution in [1.82, 2.24) is 15.2 Å². The first-order chi connectivity index (χ1) is 10.6. The summed E-state index contributed by atoms with van der Waals surface area (Å²) in [7, 11) is 0. The summed E-state index contributed by atoms with van der Waals surface area (Å²) in [5, 5.41) is 2.91. The van der Waals surface area contributed by atoms with Gasteiger partial charge in [-0.2, -0.15) is 0 Å². The lowest BCUT2D eigenvalue weighted by Crippen LogP contribution is -2.34. The van der Waals surface area contributed by atoms with Gasteiger partial charge < -0.3 is 19.9 Å². The Balaban J connectivity index is 1.84. The predicted octanol–water partition coefficient (Wildman–Crippen LogP) is 1.25. The number of nitrogens with zero attached hydrogens (tertiary/aromatic N) is 1. The molecule has 2 heterocycles. The van der Waals surface area contributed by atoms with Crippen LogP contribution in [0.1, 0.15) is 41.4 Å². The minimum atomic E-state index is -0.374. The van der Waals surface area contributed by atoms with E-state index in [4.69, 9.17) is 4.74 Å². The summed E-state index contributed by atoms with van der Waals surface area (Å²) in [5.41, 5.74) is 1.91. The van der Waals surface area contributed by atoms with E-state index < -0.39 is 0 Å². The Hall–Kier alpha value is -1.82. The zero-order valence-corrected chi connectivity index (χ0v) is 13.4. The van der Waals surface area contributed by atoms with Gasteiger partial charge in [0.2, 0.25) is 5.91 Å². The fraction of sp³-hybridized carbons (Fsp3) is 0.625. The number of aromatic amines is 1. The Morgan fingerprint density at radius 3 is 2.77 bits per heavy atom. The molecule has 0 bridgehead atoms. The molecule has 2 rings (SSSR count). The Morgan fingerprint density at radius 1 is 1.36 bits per heavy atom. The van der Waals surface area contributed by atoms with Crippen LogP contribution in [0.25, 0.3) is 0 Å². The van der Waals surface area contributed by atoms with Crippen LogP contribution >= 0.6 is 0 Å². The number of nitrogens with one attached hydrogen (secondary N) is 2. The number of ether oxygens (including phenoxy) is 1. The number of amides is 1. The van der Waals surface area contributed by atoms with Crippen molar-refractivity contribution in [3.8, 4) is 0 Å². The molecule has 1 aliphatic rings. The third-order valence-corrected chi connectivity index (χ3v) is 3.92. The fourth-order valence-electron chi connectivity index (χ4n) is 2.79. The molecule has 1 aromatic heterocycles. The number of carbonyl (C=O) groups excluding carboxylic acids is 2. The van der Waals surface area contributed by atoms with E-state index in [0.29, 0.717) is 24.4 Å². The summed E-state index contributed by atoms with van der Waals surface area (Å²) in [6, 6.07) is 0. The molecule has 1 fully saturated rings. The van der Waals surface area contributed by atoms with Gasteiger partial charge in [0, 0.05) is 25.0 Å². The predicted molar refractivity (Wildman–Crippen MR) is 83.9 cm³/mol. The van der Waals surface area contributed by atoms with Crippen LogP contribution in [0.2, 0.25) is 0 Å². The van der Waals surface area contributed by atoms with Crippen LogP contribution in [0.3, 0.4) is 0 Å². The number of aromatic nitrogens is 1. The molecule has 0 aromatic carbocycles. The highest BCUT2D eigenvalue weighted by atomic mass is 16.5. The quantitative estimate of drug-likeness (QED) is 0.744. The molecule has 1 saturated heterocycles. The van der Waals surface area contributed by atoms with Crippen LogP contribution < -0.4 is 5.32 Å². The maximum absolute atomic E-state index is 12.0. The summed E-state index contributed by atoms with van der Waals surface area (Å²) in [5.74, 6) is -0.451. The smallest absolute Gasteiger partial charge is 0.340 e. The van der Waals surface area contributed by atoms with Gasteiger partial charge in [-0.05, 0) is 45.3 Å². The standard InChI is InChI=1S/C16H25N3O3/c1-3-22-16(21)15-12(2)11-18-13(15)10-14(20)17-6-9-19-7-4-5-8-19/h11,18H,3-10H2,1-2H3,(H,17,20). The summed E-state index contributed by atoms with van der Waals surface area (Å²) in [6.07, 6.45) is 4.40. The Bertz CT molecular complexity index is 519. The molecule has 122 valence electrons. The van der Waals surface area contributed by atoms with E-state index in [1.807, 2.05) is 6.92 Å². The summed E-state index contributed by atoms with van der Waals surface area (Å²) in [6.45, 7) is 7.71. The van der Waals surface area contributed by atoms with Crippen molar-refractivity contribution in [2.45, 2.75) is 33.1 Å². The first kappa shape index (κ1) is 16.5. The van der Waals surface area contributed by atoms with Gasteiger partial charge in [0.25, 0.3) is 0 Å². The molecule has 1 aromatic rings. The molecule has 0 atom stereocenters. The fourth-order valence-corrected chi connectivity index (χ4v) is 2.79. The number of carbonyl (C=O) groups is 2. The molecule has 0 saturated carbocycles. The maximum Gasteiger partial charge on any atom is 0.340 e. The van der Waals surface area contributed by atoms with Crippen LogP contribution in [0, 0.1) is 6.92 Å². The van der Waals surface area contributed by atoms with Gasteiger partial charge in [0.05, 0.1) is 18.6 Å². The van der Waals surface area contributed by atoms with Gasteiger partial charge >= 0.3 is 5.97 Å². The Morgan fingerprint density at radius 2 is 2.09 bits per heavy atom. The molecule has 0 aliphatic carbocycles. The van der Waals surface area contributed by atoms with E-state index in [-0.39, 0.29) is 18.3 Å². The normalized spacial score (nSPS) is 15.0. The number of esters is 1. The monoisotopic (exact) mass is 307 g/mol. The lowest BCUT2D eigenvalue weighted by atomic mass is 10.1. The van der Waals surface area contributed by atoms with Crippen molar-refractivity contribution in [3.63, 3.8) is 0 Å². The molecular weight excluding hydrogens is 282 g/mol. The molecular formula is C16H25N3O3. The molecule has 1 aliphatic heterocycles. The highest BCUT2D eigenvalue weighted by molar-refractivity contribution is 5.94. The number of rotatable bonds is 7. The van der Waals surface area contributed by atoms with Gasteiger partial charge in [0.15, 0.2) is 0 Å². The minimum Gasteiger partial charge on any atom is -0.462 e. The van der Waals surface area contributed by atoms with Crippen LogP contribution in [-0.4, -0.2) is 54.5 Å². The Kier molecular flexibility index (Phi) is 6.00. The van der Waals surface area contributed by atoms with E-state index in [1.165, 1.54) is 12.8 Å². The van der Waals surface area contributed by atoms with Crippen molar-refractivity contribution < 1.29 is 14.3 Å². The second-order valence-corrected chi connectivity index (χ2v) is 5.62. The SMILES string of the molecule is CCOC(=O)c1c(C)c[nH]c1CC(=O)NCCN1CCCC1. The highest BCUT2D eigenvalue weighted by Gasteiger charge is 2.19. The second kappa shape index (κ2) is 7.98. The van der Waals surface area contributed by atoms with Gasteiger partial charge in [-0.3, -0.25) is 4.79 Å². The van der Waals surface area contributed by atoms with Gasteiger partial charge in [-0.1, -0.05) is 0 Å². The van der Waals surface area contributed by atoms with E-state index in [9.17, 15) is 9.59 Å². The number of H-pyrrole nitrogens is 1. The van der Waals surface area contributed by atoms with Crippen molar-refractivity contribution >= 4 is 11.9 Å². The zero-order chi connectivity index (χ0) is 15.9. The summed E-state index contributed by atoms with van der Waals surface area (Å²) >= 11 is 0. The summed E-state index contributed by atoms with van der Waals surface area (Å²) in [4.78, 5) is 29.3. The highest BCUT2D eigenvalue weighted by Crippen LogP contribution is 2.15. The molecule has 0 radical (unpaired) electrons. The average Bonchev–Trinajstić information content (AvgIpc) is 3.09. The van der Waals surface area contributed by atoms with Crippen LogP contribution in [0.4, 0.5) is 0 Å². The largest absolute Gasteiger partial charge is 0.462 e. The third kappa shape index (κ3) is 4.34. The number of hydrogen-bond acceptors (Lipinski definition) is 4. The van der Waals surface area contributed by atoms with Crippen molar-refractivity contribution in [2.24, 2.45) is 0 Å². The topological polar surface area (TPSA) is 74.4 Å². The van der Waals surface area contributed by atoms with E-state index in [1.54, 1.807) is 13.1 Å². The van der Waals surface area contributed by atoms with Gasteiger partial charge in [-0.25, -0.2) is 4.79 Å². The van der Waals surface area contributed by atoms with Crippen molar-refractivity contribution in [2.75, 3.05) is 32.8 Å². The Labute approximate surface area is 131 Å². The summed E-state index contributed by atoms with van der Waals surface area (Å²) < 4.78 is 5.04. The molecule has 2 N–H and O–H groups in total.